The second kappa shape index (κ2) is 7.75. The van der Waals surface area contributed by atoms with Crippen LogP contribution < -0.4 is 5.56 Å². The summed E-state index contributed by atoms with van der Waals surface area (Å²) in [6.45, 7) is 1.19. The molecule has 0 spiro atoms. The van der Waals surface area contributed by atoms with Crippen molar-refractivity contribution < 1.29 is 22.8 Å². The Morgan fingerprint density at radius 2 is 1.81 bits per heavy atom. The van der Waals surface area contributed by atoms with Crippen LogP contribution in [0, 0.1) is 0 Å². The maximum absolute atomic E-state index is 14.2. The molecular weight excluding hydrogens is 494 g/mol. The minimum absolute atomic E-state index is 0.0119. The summed E-state index contributed by atoms with van der Waals surface area (Å²) in [4.78, 5) is 28.8. The number of aromatic nitrogens is 2. The van der Waals surface area contributed by atoms with Crippen LogP contribution >= 0.6 is 34.8 Å². The van der Waals surface area contributed by atoms with E-state index in [0.717, 1.165) is 12.1 Å². The highest BCUT2D eigenvalue weighted by Crippen LogP contribution is 2.50. The fourth-order valence-electron chi connectivity index (χ4n) is 3.40. The van der Waals surface area contributed by atoms with Crippen molar-refractivity contribution in [3.8, 4) is 0 Å². The first kappa shape index (κ1) is 22.6. The van der Waals surface area contributed by atoms with Crippen molar-refractivity contribution in [2.24, 2.45) is 5.16 Å². The van der Waals surface area contributed by atoms with Gasteiger partial charge < -0.3 is 4.84 Å². The van der Waals surface area contributed by atoms with Gasteiger partial charge in [-0.2, -0.15) is 23.0 Å². The molecule has 0 fully saturated rings. The van der Waals surface area contributed by atoms with E-state index in [-0.39, 0.29) is 37.3 Å². The Hall–Kier alpha value is -2.62. The number of hydrogen-bond donors (Lipinski definition) is 0. The molecule has 166 valence electrons. The minimum atomic E-state index is -4.87. The van der Waals surface area contributed by atoms with Gasteiger partial charge in [0.05, 0.1) is 32.4 Å². The van der Waals surface area contributed by atoms with Gasteiger partial charge >= 0.3 is 6.18 Å². The molecule has 1 atom stereocenters. The zero-order chi connectivity index (χ0) is 23.4. The van der Waals surface area contributed by atoms with Crippen molar-refractivity contribution in [1.29, 1.82) is 0 Å². The van der Waals surface area contributed by atoms with Gasteiger partial charge in [-0.15, -0.1) is 0 Å². The molecule has 0 radical (unpaired) electrons. The lowest BCUT2D eigenvalue weighted by atomic mass is 9.86. The van der Waals surface area contributed by atoms with Gasteiger partial charge in [-0.25, -0.2) is 0 Å². The van der Waals surface area contributed by atoms with Crippen molar-refractivity contribution >= 4 is 57.2 Å². The fraction of sp³-hybridized carbons (Fsp3) is 0.200. The number of nitrogens with zero attached hydrogens (tertiary/aromatic N) is 3. The molecule has 6 nitrogen and oxygen atoms in total. The molecule has 0 saturated carbocycles. The summed E-state index contributed by atoms with van der Waals surface area (Å²) in [5.74, 6) is -0.565. The fourth-order valence-corrected chi connectivity index (χ4v) is 4.00. The molecule has 0 bridgehead atoms. The van der Waals surface area contributed by atoms with E-state index in [1.54, 1.807) is 0 Å². The lowest BCUT2D eigenvalue weighted by Crippen LogP contribution is -2.42. The molecule has 0 amide bonds. The number of hydrogen-bond acceptors (Lipinski definition) is 5. The third-order valence-corrected chi connectivity index (χ3v) is 6.25. The van der Waals surface area contributed by atoms with Crippen molar-refractivity contribution in [2.75, 3.05) is 0 Å². The zero-order valence-corrected chi connectivity index (χ0v) is 18.3. The quantitative estimate of drug-likeness (QED) is 0.426. The summed E-state index contributed by atoms with van der Waals surface area (Å²) in [7, 11) is 0. The lowest BCUT2D eigenvalue weighted by molar-refractivity contribution is -0.275. The first-order valence-corrected chi connectivity index (χ1v) is 10.1. The topological polar surface area (TPSA) is 73.6 Å². The van der Waals surface area contributed by atoms with Crippen molar-refractivity contribution in [3.05, 3.63) is 73.1 Å². The summed E-state index contributed by atoms with van der Waals surface area (Å²) in [6, 6.07) is 6.34. The second-order valence-electron chi connectivity index (χ2n) is 7.07. The third kappa shape index (κ3) is 3.54. The Kier molecular flexibility index (Phi) is 5.47. The van der Waals surface area contributed by atoms with Crippen LogP contribution in [0.25, 0.3) is 10.8 Å². The Labute approximate surface area is 193 Å². The van der Waals surface area contributed by atoms with Gasteiger partial charge in [0.2, 0.25) is 5.91 Å². The van der Waals surface area contributed by atoms with Gasteiger partial charge in [0.1, 0.15) is 0 Å². The van der Waals surface area contributed by atoms with Gasteiger partial charge in [-0.1, -0.05) is 46.0 Å². The van der Waals surface area contributed by atoms with E-state index in [1.165, 1.54) is 31.3 Å². The standard InChI is InChI=1S/C20H11Cl3F3N3O3/c1-9(30)29-18(31)13-3-2-10(4-11(13)8-27-29)16-7-19(32-28-16,20(24,25)26)12-5-14(21)17(23)15(22)6-12/h2-6,8H,7H2,1H3. The first-order valence-electron chi connectivity index (χ1n) is 8.95. The van der Waals surface area contributed by atoms with Crippen LogP contribution in [0.2, 0.25) is 15.1 Å². The van der Waals surface area contributed by atoms with Crippen LogP contribution in [0.15, 0.2) is 46.5 Å². The highest BCUT2D eigenvalue weighted by Gasteiger charge is 2.62. The molecule has 4 rings (SSSR count). The molecule has 0 saturated heterocycles. The average Bonchev–Trinajstić information content (AvgIpc) is 3.18. The molecule has 1 unspecified atom stereocenters. The first-order chi connectivity index (χ1) is 14.9. The van der Waals surface area contributed by atoms with E-state index in [9.17, 15) is 22.8 Å². The molecule has 0 aliphatic carbocycles. The SMILES string of the molecule is CC(=O)n1ncc2cc(C3=NOC(c4cc(Cl)c(Cl)c(Cl)c4)(C(F)(F)F)C3)ccc2c1=O. The van der Waals surface area contributed by atoms with Crippen LogP contribution in [-0.4, -0.2) is 27.6 Å². The van der Waals surface area contributed by atoms with Gasteiger partial charge in [0.25, 0.3) is 11.2 Å². The number of carbonyl (C=O) groups is 1. The monoisotopic (exact) mass is 503 g/mol. The van der Waals surface area contributed by atoms with E-state index >= 15 is 0 Å². The summed E-state index contributed by atoms with van der Waals surface area (Å²) in [5.41, 5.74) is -3.54. The maximum atomic E-state index is 14.2. The normalized spacial score (nSPS) is 18.5. The van der Waals surface area contributed by atoms with Crippen LogP contribution in [0.4, 0.5) is 13.2 Å². The Balaban J connectivity index is 1.77. The highest BCUT2D eigenvalue weighted by molar-refractivity contribution is 6.48. The lowest BCUT2D eigenvalue weighted by Gasteiger charge is -2.30. The van der Waals surface area contributed by atoms with E-state index in [0.29, 0.717) is 10.1 Å². The summed E-state index contributed by atoms with van der Waals surface area (Å²) < 4.78 is 43.2. The molecular formula is C20H11Cl3F3N3O3. The van der Waals surface area contributed by atoms with Gasteiger partial charge in [0, 0.05) is 29.9 Å². The highest BCUT2D eigenvalue weighted by atomic mass is 35.5. The number of carbonyl (C=O) groups excluding carboxylic acids is 1. The smallest absolute Gasteiger partial charge is 0.374 e. The van der Waals surface area contributed by atoms with Crippen LogP contribution in [0.3, 0.4) is 0 Å². The van der Waals surface area contributed by atoms with Crippen molar-refractivity contribution in [3.63, 3.8) is 0 Å². The van der Waals surface area contributed by atoms with Crippen molar-refractivity contribution in [1.82, 2.24) is 9.78 Å². The Bertz CT molecular complexity index is 1350. The number of halogens is 6. The predicted molar refractivity (Wildman–Crippen MR) is 114 cm³/mol. The summed E-state index contributed by atoms with van der Waals surface area (Å²) in [5, 5.41) is 7.57. The number of fused-ring (bicyclic) bond motifs is 1. The molecule has 12 heteroatoms. The van der Waals surface area contributed by atoms with Gasteiger partial charge in [-0.3, -0.25) is 9.59 Å². The second-order valence-corrected chi connectivity index (χ2v) is 8.26. The number of alkyl halides is 3. The van der Waals surface area contributed by atoms with Crippen LogP contribution in [0.5, 0.6) is 0 Å². The van der Waals surface area contributed by atoms with Gasteiger partial charge in [-0.05, 0) is 24.3 Å². The molecule has 0 N–H and O–H groups in total. The molecule has 1 aliphatic heterocycles. The molecule has 1 aromatic heterocycles. The predicted octanol–water partition coefficient (Wildman–Crippen LogP) is 5.60. The van der Waals surface area contributed by atoms with E-state index in [2.05, 4.69) is 10.3 Å². The molecule has 2 aromatic carbocycles. The maximum Gasteiger partial charge on any atom is 0.435 e. The number of benzene rings is 2. The summed E-state index contributed by atoms with van der Waals surface area (Å²) in [6.07, 6.45) is -4.27. The van der Waals surface area contributed by atoms with Gasteiger partial charge in [0.15, 0.2) is 0 Å². The van der Waals surface area contributed by atoms with E-state index in [1.807, 2.05) is 0 Å². The zero-order valence-electron chi connectivity index (χ0n) is 16.0. The van der Waals surface area contributed by atoms with Crippen LogP contribution in [-0.2, 0) is 10.4 Å². The van der Waals surface area contributed by atoms with Crippen molar-refractivity contribution in [2.45, 2.75) is 25.1 Å². The molecule has 3 aromatic rings. The largest absolute Gasteiger partial charge is 0.435 e. The van der Waals surface area contributed by atoms with E-state index < -0.39 is 29.7 Å². The molecule has 32 heavy (non-hydrogen) atoms. The molecule has 1 aliphatic rings. The average molecular weight is 505 g/mol. The third-order valence-electron chi connectivity index (χ3n) is 5.05. The number of rotatable bonds is 2. The Morgan fingerprint density at radius 3 is 2.41 bits per heavy atom. The van der Waals surface area contributed by atoms with E-state index in [4.69, 9.17) is 39.6 Å². The minimum Gasteiger partial charge on any atom is -0.374 e. The van der Waals surface area contributed by atoms with Crippen LogP contribution in [0.1, 0.15) is 29.3 Å². The Morgan fingerprint density at radius 1 is 1.16 bits per heavy atom. The number of oxime groups is 1. The summed E-state index contributed by atoms with van der Waals surface area (Å²) >= 11 is 17.7. The molecule has 2 heterocycles.